The number of rotatable bonds is 8. The number of imide groups is 1. The van der Waals surface area contributed by atoms with Crippen LogP contribution in [-0.2, 0) is 4.79 Å². The maximum Gasteiger partial charge on any atom is 0.293 e. The smallest absolute Gasteiger partial charge is 0.293 e. The topological polar surface area (TPSA) is 84.9 Å². The molecule has 1 fully saturated rings. The van der Waals surface area contributed by atoms with Gasteiger partial charge in [0.05, 0.1) is 18.6 Å². The number of nitrogens with one attached hydrogen (secondary N) is 1. The van der Waals surface area contributed by atoms with Crippen LogP contribution in [0.2, 0.25) is 0 Å². The second-order valence-electron chi connectivity index (χ2n) is 7.25. The predicted molar refractivity (Wildman–Crippen MR) is 125 cm³/mol. The van der Waals surface area contributed by atoms with Gasteiger partial charge in [-0.15, -0.1) is 0 Å². The molecule has 1 N–H and O–H groups in total. The highest BCUT2D eigenvalue weighted by atomic mass is 32.2. The van der Waals surface area contributed by atoms with Crippen molar-refractivity contribution in [3.05, 3.63) is 63.6 Å². The lowest BCUT2D eigenvalue weighted by molar-refractivity contribution is -0.122. The fourth-order valence-electron chi connectivity index (χ4n) is 3.34. The minimum Gasteiger partial charge on any atom is -0.493 e. The van der Waals surface area contributed by atoms with Crippen molar-refractivity contribution in [1.29, 1.82) is 0 Å². The molecule has 0 atom stereocenters. The summed E-state index contributed by atoms with van der Waals surface area (Å²) in [6.07, 6.45) is 1.65. The molecule has 0 aromatic heterocycles. The van der Waals surface area contributed by atoms with Crippen LogP contribution in [0.25, 0.3) is 6.08 Å². The van der Waals surface area contributed by atoms with Crippen molar-refractivity contribution in [2.24, 2.45) is 0 Å². The fourth-order valence-corrected chi connectivity index (χ4v) is 4.20. The average Bonchev–Trinajstić information content (AvgIpc) is 3.02. The molecule has 0 unspecified atom stereocenters. The summed E-state index contributed by atoms with van der Waals surface area (Å²) in [7, 11) is 1.54. The third kappa shape index (κ3) is 5.31. The quantitative estimate of drug-likeness (QED) is 0.603. The number of amides is 3. The zero-order valence-corrected chi connectivity index (χ0v) is 19.4. The van der Waals surface area contributed by atoms with Crippen LogP contribution in [-0.4, -0.2) is 48.8 Å². The van der Waals surface area contributed by atoms with E-state index in [1.165, 1.54) is 0 Å². The third-order valence-electron chi connectivity index (χ3n) is 4.91. The first-order valence-corrected chi connectivity index (χ1v) is 11.1. The van der Waals surface area contributed by atoms with E-state index in [-0.39, 0.29) is 30.1 Å². The van der Waals surface area contributed by atoms with E-state index in [0.717, 1.165) is 33.4 Å². The summed E-state index contributed by atoms with van der Waals surface area (Å²) in [4.78, 5) is 39.0. The van der Waals surface area contributed by atoms with E-state index in [1.807, 2.05) is 32.9 Å². The minimum absolute atomic E-state index is 0.102. The number of ether oxygens (including phenoxy) is 2. The highest BCUT2D eigenvalue weighted by Gasteiger charge is 2.34. The molecule has 2 aromatic rings. The molecule has 7 nitrogen and oxygen atoms in total. The van der Waals surface area contributed by atoms with Crippen molar-refractivity contribution < 1.29 is 23.9 Å². The fraction of sp³-hybridized carbons (Fsp3) is 0.292. The Balaban J connectivity index is 1.64. The Morgan fingerprint density at radius 1 is 1.12 bits per heavy atom. The summed E-state index contributed by atoms with van der Waals surface area (Å²) in [6.45, 7) is 6.51. The highest BCUT2D eigenvalue weighted by molar-refractivity contribution is 8.18. The third-order valence-corrected chi connectivity index (χ3v) is 5.81. The first-order chi connectivity index (χ1) is 15.3. The van der Waals surface area contributed by atoms with Crippen LogP contribution in [0, 0.1) is 13.8 Å². The van der Waals surface area contributed by atoms with Gasteiger partial charge in [-0.25, -0.2) is 0 Å². The average molecular weight is 455 g/mol. The van der Waals surface area contributed by atoms with E-state index in [0.29, 0.717) is 28.6 Å². The van der Waals surface area contributed by atoms with E-state index in [9.17, 15) is 14.4 Å². The molecule has 1 saturated heterocycles. The summed E-state index contributed by atoms with van der Waals surface area (Å²) in [5.74, 6) is 0.550. The number of carbonyl (C=O) groups excluding carboxylic acids is 3. The van der Waals surface area contributed by atoms with Crippen LogP contribution in [0.15, 0.2) is 41.3 Å². The molecule has 8 heteroatoms. The lowest BCUT2D eigenvalue weighted by Gasteiger charge is -2.14. The van der Waals surface area contributed by atoms with Gasteiger partial charge in [-0.3, -0.25) is 19.3 Å². The molecule has 0 saturated carbocycles. The number of thioether (sulfide) groups is 1. The molecule has 3 amide bonds. The molecule has 1 heterocycles. The second kappa shape index (κ2) is 10.4. The van der Waals surface area contributed by atoms with Gasteiger partial charge in [0.25, 0.3) is 17.1 Å². The Morgan fingerprint density at radius 3 is 2.59 bits per heavy atom. The standard InChI is InChI=1S/C24H26N2O5S/c1-5-31-19-9-7-17(13-20(19)30-4)14-21-23(28)26(24(29)32-21)11-10-25-22(27)18-8-6-15(2)12-16(18)3/h6-9,12-14H,5,10-11H2,1-4H3,(H,25,27)/b21-14-. The van der Waals surface area contributed by atoms with Crippen LogP contribution < -0.4 is 14.8 Å². The molecule has 168 valence electrons. The van der Waals surface area contributed by atoms with Crippen molar-refractivity contribution in [2.45, 2.75) is 20.8 Å². The molecule has 0 bridgehead atoms. The Kier molecular flexibility index (Phi) is 7.58. The molecule has 0 spiro atoms. The summed E-state index contributed by atoms with van der Waals surface area (Å²) < 4.78 is 10.8. The Morgan fingerprint density at radius 2 is 1.91 bits per heavy atom. The monoisotopic (exact) mass is 454 g/mol. The molecule has 3 rings (SSSR count). The van der Waals surface area contributed by atoms with E-state index in [4.69, 9.17) is 9.47 Å². The molecule has 1 aliphatic rings. The van der Waals surface area contributed by atoms with E-state index in [2.05, 4.69) is 5.32 Å². The molecule has 0 aliphatic carbocycles. The van der Waals surface area contributed by atoms with Crippen LogP contribution in [0.3, 0.4) is 0 Å². The number of hydrogen-bond donors (Lipinski definition) is 1. The van der Waals surface area contributed by atoms with E-state index >= 15 is 0 Å². The maximum absolute atomic E-state index is 12.7. The van der Waals surface area contributed by atoms with Gasteiger partial charge in [0.1, 0.15) is 0 Å². The summed E-state index contributed by atoms with van der Waals surface area (Å²) >= 11 is 0.878. The van der Waals surface area contributed by atoms with Gasteiger partial charge in [-0.05, 0) is 67.9 Å². The largest absolute Gasteiger partial charge is 0.493 e. The lowest BCUT2D eigenvalue weighted by atomic mass is 10.1. The van der Waals surface area contributed by atoms with Crippen molar-refractivity contribution in [1.82, 2.24) is 10.2 Å². The number of benzene rings is 2. The number of nitrogens with zero attached hydrogens (tertiary/aromatic N) is 1. The second-order valence-corrected chi connectivity index (χ2v) is 8.24. The van der Waals surface area contributed by atoms with Crippen LogP contribution in [0.4, 0.5) is 4.79 Å². The summed E-state index contributed by atoms with van der Waals surface area (Å²) in [5, 5.41) is 2.42. The van der Waals surface area contributed by atoms with Crippen molar-refractivity contribution in [3.8, 4) is 11.5 Å². The molecule has 1 aliphatic heterocycles. The normalized spacial score (nSPS) is 14.8. The zero-order chi connectivity index (χ0) is 23.3. The predicted octanol–water partition coefficient (Wildman–Crippen LogP) is 4.18. The summed E-state index contributed by atoms with van der Waals surface area (Å²) in [5.41, 5.74) is 3.25. The van der Waals surface area contributed by atoms with Gasteiger partial charge in [-0.2, -0.15) is 0 Å². The van der Waals surface area contributed by atoms with E-state index < -0.39 is 0 Å². The Hall–Kier alpha value is -3.26. The highest BCUT2D eigenvalue weighted by Crippen LogP contribution is 2.34. The van der Waals surface area contributed by atoms with Gasteiger partial charge in [0, 0.05) is 18.7 Å². The van der Waals surface area contributed by atoms with Crippen LogP contribution in [0.1, 0.15) is 34.0 Å². The van der Waals surface area contributed by atoms with Crippen molar-refractivity contribution >= 4 is 34.9 Å². The first-order valence-electron chi connectivity index (χ1n) is 10.3. The van der Waals surface area contributed by atoms with Gasteiger partial charge in [0.2, 0.25) is 0 Å². The molecular formula is C24H26N2O5S. The number of carbonyl (C=O) groups is 3. The molecule has 32 heavy (non-hydrogen) atoms. The lowest BCUT2D eigenvalue weighted by Crippen LogP contribution is -2.37. The Labute approximate surface area is 191 Å². The van der Waals surface area contributed by atoms with Crippen molar-refractivity contribution in [2.75, 3.05) is 26.8 Å². The van der Waals surface area contributed by atoms with Gasteiger partial charge in [-0.1, -0.05) is 23.8 Å². The molecule has 2 aromatic carbocycles. The number of hydrogen-bond acceptors (Lipinski definition) is 6. The van der Waals surface area contributed by atoms with Crippen LogP contribution >= 0.6 is 11.8 Å². The van der Waals surface area contributed by atoms with Crippen LogP contribution in [0.5, 0.6) is 11.5 Å². The number of methoxy groups -OCH3 is 1. The molecular weight excluding hydrogens is 428 g/mol. The van der Waals surface area contributed by atoms with Gasteiger partial charge in [0.15, 0.2) is 11.5 Å². The van der Waals surface area contributed by atoms with Crippen molar-refractivity contribution in [3.63, 3.8) is 0 Å². The SMILES string of the molecule is CCOc1ccc(/C=C2\SC(=O)N(CCNC(=O)c3ccc(C)cc3C)C2=O)cc1OC. The first kappa shape index (κ1) is 23.4. The Bertz CT molecular complexity index is 1080. The van der Waals surface area contributed by atoms with Gasteiger partial charge >= 0.3 is 0 Å². The maximum atomic E-state index is 12.7. The molecule has 0 radical (unpaired) electrons. The van der Waals surface area contributed by atoms with Gasteiger partial charge < -0.3 is 14.8 Å². The minimum atomic E-state index is -0.381. The number of aryl methyl sites for hydroxylation is 2. The zero-order valence-electron chi connectivity index (χ0n) is 18.6. The van der Waals surface area contributed by atoms with E-state index in [1.54, 1.807) is 37.5 Å². The summed E-state index contributed by atoms with van der Waals surface area (Å²) in [6, 6.07) is 10.9.